The van der Waals surface area contributed by atoms with Gasteiger partial charge in [0.1, 0.15) is 4.90 Å². The number of nitrogens with zero attached hydrogens (tertiary/aromatic N) is 1. The number of sulfonamides is 1. The van der Waals surface area contributed by atoms with Crippen LogP contribution in [-0.2, 0) is 10.0 Å². The summed E-state index contributed by atoms with van der Waals surface area (Å²) in [5, 5.41) is 5.01. The van der Waals surface area contributed by atoms with Crippen molar-refractivity contribution in [3.8, 4) is 0 Å². The molecule has 0 aliphatic rings. The van der Waals surface area contributed by atoms with Gasteiger partial charge in [0.15, 0.2) is 0 Å². The van der Waals surface area contributed by atoms with Crippen LogP contribution >= 0.6 is 0 Å². The zero-order valence-corrected chi connectivity index (χ0v) is 8.64. The van der Waals surface area contributed by atoms with Gasteiger partial charge >= 0.3 is 0 Å². The van der Waals surface area contributed by atoms with E-state index in [1.165, 1.54) is 0 Å². The van der Waals surface area contributed by atoms with E-state index in [-0.39, 0.29) is 4.90 Å². The van der Waals surface area contributed by atoms with Crippen molar-refractivity contribution in [2.24, 2.45) is 5.14 Å². The third kappa shape index (κ3) is 2.05. The third-order valence-electron chi connectivity index (χ3n) is 1.92. The minimum absolute atomic E-state index is 0.107. The minimum atomic E-state index is -3.64. The molecule has 1 aromatic rings. The molecule has 0 aromatic carbocycles. The zero-order chi connectivity index (χ0) is 10.2. The first-order valence-corrected chi connectivity index (χ1v) is 5.34. The number of pyridine rings is 1. The summed E-state index contributed by atoms with van der Waals surface area (Å²) in [7, 11) is -3.64. The zero-order valence-electron chi connectivity index (χ0n) is 7.83. The Kier molecular flexibility index (Phi) is 2.40. The molecule has 4 nitrogen and oxygen atoms in total. The first-order valence-electron chi connectivity index (χ1n) is 3.80. The first-order chi connectivity index (χ1) is 5.82. The Morgan fingerprint density at radius 2 is 1.77 bits per heavy atom. The largest absolute Gasteiger partial charge is 0.257 e. The van der Waals surface area contributed by atoms with E-state index in [1.54, 1.807) is 19.9 Å². The summed E-state index contributed by atoms with van der Waals surface area (Å²) in [6.07, 6.45) is 0. The second-order valence-electron chi connectivity index (χ2n) is 3.02. The molecule has 1 rings (SSSR count). The summed E-state index contributed by atoms with van der Waals surface area (Å²) in [5.41, 5.74) is 2.10. The van der Waals surface area contributed by atoms with Gasteiger partial charge in [-0.05, 0) is 32.4 Å². The Labute approximate surface area is 77.8 Å². The normalized spacial score (nSPS) is 11.7. The topological polar surface area (TPSA) is 73.1 Å². The lowest BCUT2D eigenvalue weighted by molar-refractivity contribution is 0.596. The molecule has 0 aliphatic carbocycles. The summed E-state index contributed by atoms with van der Waals surface area (Å²) in [5.74, 6) is 0. The van der Waals surface area contributed by atoms with Crippen LogP contribution in [0.2, 0.25) is 0 Å². The molecule has 0 unspecified atom stereocenters. The van der Waals surface area contributed by atoms with E-state index < -0.39 is 10.0 Å². The van der Waals surface area contributed by atoms with Crippen molar-refractivity contribution >= 4 is 10.0 Å². The molecule has 0 saturated heterocycles. The summed E-state index contributed by atoms with van der Waals surface area (Å²) < 4.78 is 22.1. The van der Waals surface area contributed by atoms with Crippen LogP contribution in [0.25, 0.3) is 0 Å². The van der Waals surface area contributed by atoms with Crippen LogP contribution < -0.4 is 5.14 Å². The molecule has 1 heterocycles. The molecule has 0 aliphatic heterocycles. The van der Waals surface area contributed by atoms with Gasteiger partial charge in [-0.25, -0.2) is 13.6 Å². The van der Waals surface area contributed by atoms with Crippen LogP contribution in [0.3, 0.4) is 0 Å². The van der Waals surface area contributed by atoms with Gasteiger partial charge in [-0.1, -0.05) is 0 Å². The van der Waals surface area contributed by atoms with Crippen molar-refractivity contribution in [2.75, 3.05) is 0 Å². The highest BCUT2D eigenvalue weighted by molar-refractivity contribution is 7.89. The van der Waals surface area contributed by atoms with E-state index >= 15 is 0 Å². The molecule has 0 fully saturated rings. The van der Waals surface area contributed by atoms with Crippen molar-refractivity contribution in [3.63, 3.8) is 0 Å². The first kappa shape index (κ1) is 10.1. The Morgan fingerprint density at radius 3 is 2.23 bits per heavy atom. The smallest absolute Gasteiger partial charge is 0.239 e. The van der Waals surface area contributed by atoms with Crippen LogP contribution in [0.4, 0.5) is 0 Å². The van der Waals surface area contributed by atoms with E-state index in [4.69, 9.17) is 5.14 Å². The average molecular weight is 200 g/mol. The maximum Gasteiger partial charge on any atom is 0.239 e. The molecule has 13 heavy (non-hydrogen) atoms. The number of primary sulfonamides is 1. The fourth-order valence-corrected chi connectivity index (χ4v) is 1.89. The van der Waals surface area contributed by atoms with Crippen molar-refractivity contribution in [2.45, 2.75) is 25.7 Å². The highest BCUT2D eigenvalue weighted by Crippen LogP contribution is 2.14. The van der Waals surface area contributed by atoms with Gasteiger partial charge in [-0.2, -0.15) is 0 Å². The Morgan fingerprint density at radius 1 is 1.23 bits per heavy atom. The van der Waals surface area contributed by atoms with Gasteiger partial charge in [-0.15, -0.1) is 0 Å². The maximum absolute atomic E-state index is 11.1. The van der Waals surface area contributed by atoms with Gasteiger partial charge in [0.05, 0.1) is 5.69 Å². The lowest BCUT2D eigenvalue weighted by Gasteiger charge is -2.05. The number of nitrogens with two attached hydrogens (primary N) is 1. The number of rotatable bonds is 1. The number of hydrogen-bond donors (Lipinski definition) is 1. The molecule has 0 bridgehead atoms. The minimum Gasteiger partial charge on any atom is -0.257 e. The molecule has 1 aromatic heterocycles. The average Bonchev–Trinajstić information content (AvgIpc) is 1.94. The van der Waals surface area contributed by atoms with E-state index in [1.807, 2.05) is 6.92 Å². The lowest BCUT2D eigenvalue weighted by atomic mass is 10.2. The molecular weight excluding hydrogens is 188 g/mol. The Bertz CT molecular complexity index is 438. The fraction of sp³-hybridized carbons (Fsp3) is 0.375. The lowest BCUT2D eigenvalue weighted by Crippen LogP contribution is -2.15. The van der Waals surface area contributed by atoms with E-state index in [9.17, 15) is 8.42 Å². The second kappa shape index (κ2) is 3.08. The van der Waals surface area contributed by atoms with Crippen LogP contribution in [0.5, 0.6) is 0 Å². The van der Waals surface area contributed by atoms with Crippen molar-refractivity contribution < 1.29 is 8.42 Å². The van der Waals surface area contributed by atoms with E-state index in [0.29, 0.717) is 5.69 Å². The molecule has 2 N–H and O–H groups in total. The predicted octanol–water partition coefficient (Wildman–Crippen LogP) is 0.654. The number of aryl methyl sites for hydroxylation is 3. The van der Waals surface area contributed by atoms with Crippen LogP contribution in [0, 0.1) is 20.8 Å². The molecule has 0 spiro atoms. The molecule has 0 saturated carbocycles. The Hall–Kier alpha value is -0.940. The maximum atomic E-state index is 11.1. The van der Waals surface area contributed by atoms with Gasteiger partial charge in [0, 0.05) is 5.69 Å². The van der Waals surface area contributed by atoms with Crippen LogP contribution in [0.1, 0.15) is 17.0 Å². The Balaban J connectivity index is 3.50. The third-order valence-corrected chi connectivity index (χ3v) is 2.94. The van der Waals surface area contributed by atoms with Gasteiger partial charge in [0.2, 0.25) is 10.0 Å². The molecule has 5 heteroatoms. The fourth-order valence-electron chi connectivity index (χ4n) is 1.09. The number of hydrogen-bond acceptors (Lipinski definition) is 3. The standard InChI is InChI=1S/C8H12N2O2S/c1-5-4-8(13(9,11)12)7(3)10-6(5)2/h4H,1-3H3,(H2,9,11,12). The van der Waals surface area contributed by atoms with E-state index in [0.717, 1.165) is 11.3 Å². The molecule has 0 amide bonds. The van der Waals surface area contributed by atoms with Gasteiger partial charge in [-0.3, -0.25) is 4.98 Å². The van der Waals surface area contributed by atoms with E-state index in [2.05, 4.69) is 4.98 Å². The van der Waals surface area contributed by atoms with Gasteiger partial charge < -0.3 is 0 Å². The highest BCUT2D eigenvalue weighted by Gasteiger charge is 2.13. The van der Waals surface area contributed by atoms with Crippen LogP contribution in [0.15, 0.2) is 11.0 Å². The summed E-state index contributed by atoms with van der Waals surface area (Å²) in [6, 6.07) is 1.55. The van der Waals surface area contributed by atoms with Crippen molar-refractivity contribution in [1.29, 1.82) is 0 Å². The SMILES string of the molecule is Cc1cc(S(N)(=O)=O)c(C)nc1C. The van der Waals surface area contributed by atoms with Crippen molar-refractivity contribution in [3.05, 3.63) is 23.0 Å². The predicted molar refractivity (Wildman–Crippen MR) is 49.8 cm³/mol. The highest BCUT2D eigenvalue weighted by atomic mass is 32.2. The number of aromatic nitrogens is 1. The summed E-state index contributed by atoms with van der Waals surface area (Å²) in [4.78, 5) is 4.19. The molecule has 0 radical (unpaired) electrons. The quantitative estimate of drug-likeness (QED) is 0.723. The van der Waals surface area contributed by atoms with Gasteiger partial charge in [0.25, 0.3) is 0 Å². The monoisotopic (exact) mass is 200 g/mol. The second-order valence-corrected chi connectivity index (χ2v) is 4.55. The van der Waals surface area contributed by atoms with Crippen molar-refractivity contribution in [1.82, 2.24) is 4.98 Å². The molecule has 72 valence electrons. The summed E-state index contributed by atoms with van der Waals surface area (Å²) in [6.45, 7) is 5.26. The van der Waals surface area contributed by atoms with Crippen LogP contribution in [-0.4, -0.2) is 13.4 Å². The molecular formula is C8H12N2O2S. The summed E-state index contributed by atoms with van der Waals surface area (Å²) >= 11 is 0. The molecule has 0 atom stereocenters.